The van der Waals surface area contributed by atoms with Crippen molar-refractivity contribution in [3.05, 3.63) is 146 Å². The Morgan fingerprint density at radius 3 is 1.70 bits per heavy atom. The Labute approximate surface area is 641 Å². The van der Waals surface area contributed by atoms with Crippen LogP contribution in [0.15, 0.2) is 103 Å². The summed E-state index contributed by atoms with van der Waals surface area (Å²) in [5, 5.41) is 77.1. The predicted molar refractivity (Wildman–Crippen MR) is 412 cm³/mol. The number of carboxylic acid groups (broad SMARTS) is 1. The van der Waals surface area contributed by atoms with Gasteiger partial charge in [-0.15, -0.1) is 0 Å². The van der Waals surface area contributed by atoms with Crippen molar-refractivity contribution in [2.24, 2.45) is 58.2 Å². The minimum atomic E-state index is -1.03. The summed E-state index contributed by atoms with van der Waals surface area (Å²) in [5.41, 5.74) is 5.03. The highest BCUT2D eigenvalue weighted by atomic mass is 35.5. The number of carbonyl (C=O) groups is 3. The number of aliphatic hydroxyl groups is 5. The first kappa shape index (κ1) is 83.0. The zero-order valence-electron chi connectivity index (χ0n) is 64.2. The van der Waals surface area contributed by atoms with E-state index in [0.29, 0.717) is 97.0 Å². The van der Waals surface area contributed by atoms with Crippen LogP contribution in [0.2, 0.25) is 15.1 Å². The summed E-state index contributed by atoms with van der Waals surface area (Å²) in [4.78, 5) is 52.7. The van der Waals surface area contributed by atoms with Crippen LogP contribution in [0.25, 0.3) is 11.1 Å². The highest BCUT2D eigenvalue weighted by molar-refractivity contribution is 6.63. The van der Waals surface area contributed by atoms with Crippen LogP contribution in [0, 0.1) is 58.2 Å². The number of nitrogens with one attached hydrogen (secondary N) is 3. The maximum Gasteiger partial charge on any atom is 0.498 e. The number of halogens is 3. The molecule has 9 N–H and O–H groups in total. The molecule has 3 saturated heterocycles. The van der Waals surface area contributed by atoms with Crippen molar-refractivity contribution in [3.63, 3.8) is 0 Å². The Bertz CT molecular complexity index is 3830. The summed E-state index contributed by atoms with van der Waals surface area (Å²) in [6.07, 6.45) is 0.933. The van der Waals surface area contributed by atoms with Crippen molar-refractivity contribution in [2.45, 2.75) is 200 Å². The van der Waals surface area contributed by atoms with Gasteiger partial charge in [-0.1, -0.05) is 143 Å². The van der Waals surface area contributed by atoms with Crippen LogP contribution in [-0.2, 0) is 43.3 Å². The number of amides is 2. The number of aromatic carboxylic acids is 1. The molecule has 25 heteroatoms. The summed E-state index contributed by atoms with van der Waals surface area (Å²) in [6.45, 7) is 25.7. The van der Waals surface area contributed by atoms with Crippen LogP contribution in [0.1, 0.15) is 146 Å². The van der Waals surface area contributed by atoms with E-state index in [-0.39, 0.29) is 61.8 Å². The Hall–Kier alpha value is -5.48. The molecule has 0 radical (unpaired) electrons. The molecule has 4 bridgehead atoms. The van der Waals surface area contributed by atoms with Crippen molar-refractivity contribution in [1.82, 2.24) is 31.0 Å². The number of rotatable bonds is 24. The van der Waals surface area contributed by atoms with Crippen LogP contribution in [0.5, 0.6) is 11.5 Å². The third kappa shape index (κ3) is 17.8. The number of fused-ring (bicyclic) bond motifs is 4. The molecule has 1 unspecified atom stereocenters. The first-order valence-electron chi connectivity index (χ1n) is 37.3. The fraction of sp³-hybridized carbons (Fsp3) is 0.593. The predicted octanol–water partition coefficient (Wildman–Crippen LogP) is 10.7. The van der Waals surface area contributed by atoms with Gasteiger partial charge in [0.15, 0.2) is 0 Å². The van der Waals surface area contributed by atoms with Gasteiger partial charge in [0, 0.05) is 79.3 Å². The second kappa shape index (κ2) is 34.0. The van der Waals surface area contributed by atoms with E-state index < -0.39 is 78.9 Å². The van der Waals surface area contributed by atoms with E-state index in [2.05, 4.69) is 74.5 Å². The number of carboxylic acids is 1. The van der Waals surface area contributed by atoms with Gasteiger partial charge in [-0.2, -0.15) is 10.1 Å². The quantitative estimate of drug-likeness (QED) is 0.0205. The number of aliphatic hydroxyl groups excluding tert-OH is 5. The molecular formula is C81H112BCl3N6O15. The Morgan fingerprint density at radius 1 is 0.651 bits per heavy atom. The van der Waals surface area contributed by atoms with Crippen molar-refractivity contribution < 1.29 is 73.5 Å². The fourth-order valence-electron chi connectivity index (χ4n) is 18.1. The van der Waals surface area contributed by atoms with E-state index in [4.69, 9.17) is 68.4 Å². The van der Waals surface area contributed by atoms with Crippen molar-refractivity contribution in [2.75, 3.05) is 48.1 Å². The molecule has 3 heterocycles. The number of likely N-dealkylation sites (N-methyl/N-ethyl adjacent to an activating group) is 1. The largest absolute Gasteiger partial charge is 0.498 e. The molecule has 106 heavy (non-hydrogen) atoms. The number of para-hydroxylation sites is 2. The average molecular weight is 1530 g/mol. The summed E-state index contributed by atoms with van der Waals surface area (Å²) >= 11 is 17.8. The second-order valence-electron chi connectivity index (χ2n) is 33.1. The molecule has 6 saturated carbocycles. The van der Waals surface area contributed by atoms with Crippen molar-refractivity contribution >= 4 is 65.2 Å². The molecule has 18 atom stereocenters. The molecule has 580 valence electrons. The number of ether oxygens (including phenoxy) is 2. The van der Waals surface area contributed by atoms with E-state index in [0.717, 1.165) is 40.6 Å². The molecule has 0 aromatic heterocycles. The third-order valence-corrected chi connectivity index (χ3v) is 25.6. The molecule has 6 aliphatic carbocycles. The zero-order valence-corrected chi connectivity index (χ0v) is 66.5. The summed E-state index contributed by atoms with van der Waals surface area (Å²) in [5.74, 6) is 1.72. The number of benzene rings is 5. The minimum absolute atomic E-state index is 0.0742. The molecule has 9 fully saturated rings. The molecule has 9 aliphatic rings. The van der Waals surface area contributed by atoms with Crippen molar-refractivity contribution in [3.8, 4) is 22.6 Å². The Morgan fingerprint density at radius 2 is 1.17 bits per heavy atom. The van der Waals surface area contributed by atoms with Gasteiger partial charge >= 0.3 is 13.1 Å². The van der Waals surface area contributed by atoms with E-state index >= 15 is 0 Å². The molecule has 2 amide bonds. The standard InChI is InChI=1S/C43H59ClN4O6.C31H49BN2O7.C7H4Cl2O2/c1-25-35-20-31(43(35,3)4)21-36(25)46-42(52)39-38(26(2)50)37(24-49)54-48(39)22-28-14-11-15-34(40(28)53-7)29-17-30(19-32(44)18-29)41(51)45-33(23-47(5)6)16-27-12-9-8-10-13-27;1-17-21-13-20(29(21,3)4)14-23(17)33-28(37)26-25(18(2)36)24(16-35)39-34(26)15-19-11-10-12-22(27(19)38-9)32-40-30(5,6)31(7,8)41-32;8-5-1-4(7(10)11)2-6(9)3-5/h8-15,17-19,25-26,31,33,35-39,42,46,49-50,52H,16,20-24H2,1-7H3,(H,45,51);10-12,17-18,20-21,23-26,35-36H,13-16H2,1-9H3,(H,33,37);1-3H,(H,10,11)/t25-,26-,31+,33-,35-,36-,37-,38+,39-,42?;17-,18-,20+,21-,23-,24-,25+,26-;/m00./s1. The molecule has 5 aromatic rings. The highest BCUT2D eigenvalue weighted by Crippen LogP contribution is 2.62. The maximum atomic E-state index is 14.0. The van der Waals surface area contributed by atoms with Gasteiger partial charge in [0.25, 0.3) is 5.91 Å². The summed E-state index contributed by atoms with van der Waals surface area (Å²) in [7, 11) is 6.56. The van der Waals surface area contributed by atoms with Gasteiger partial charge in [0.1, 0.15) is 36.0 Å². The second-order valence-corrected chi connectivity index (χ2v) is 34.4. The molecular weight excluding hydrogens is 1410 g/mol. The normalized spacial score (nSPS) is 29.2. The highest BCUT2D eigenvalue weighted by Gasteiger charge is 2.60. The smallest absolute Gasteiger partial charge is 0.497 e. The van der Waals surface area contributed by atoms with Crippen LogP contribution in [0.4, 0.5) is 0 Å². The van der Waals surface area contributed by atoms with Gasteiger partial charge in [-0.25, -0.2) is 4.79 Å². The third-order valence-electron chi connectivity index (χ3n) is 24.9. The molecule has 0 spiro atoms. The zero-order chi connectivity index (χ0) is 77.4. The van der Waals surface area contributed by atoms with Crippen LogP contribution < -0.4 is 30.9 Å². The molecule has 3 aliphatic heterocycles. The van der Waals surface area contributed by atoms with E-state index in [1.807, 2.05) is 109 Å². The first-order chi connectivity index (χ1) is 49.9. The van der Waals surface area contributed by atoms with E-state index in [9.17, 15) is 39.9 Å². The van der Waals surface area contributed by atoms with E-state index in [1.165, 1.54) is 31.0 Å². The molecule has 5 aromatic carbocycles. The van der Waals surface area contributed by atoms with Gasteiger partial charge in [0.2, 0.25) is 5.91 Å². The SMILES string of the molecule is COc1c(CN2O[C@@H](CO)[C@@H]([C@H](C)O)[C@H]2C(=O)N[C@H]2C[C@H]3C[C@@H]([C@@H]2C)C3(C)C)cccc1B1OC(C)(C)C(C)(C)O1.COc1c(CN2O[C@@H](CO)[C@@H]([C@H](C)O)[C@H]2C(O)N[C@H]2C[C@H]3C[C@@H]([C@@H]2C)C3(C)C)cccc1-c1cc(Cl)cc(C(=O)N[C@@H](Cc2ccccc2)CN(C)C)c1.O=C(O)c1cc(Cl)cc(Cl)c1. The van der Waals surface area contributed by atoms with Gasteiger partial charge < -0.3 is 65.0 Å². The summed E-state index contributed by atoms with van der Waals surface area (Å²) < 4.78 is 24.5. The van der Waals surface area contributed by atoms with E-state index in [1.54, 1.807) is 44.3 Å². The van der Waals surface area contributed by atoms with Gasteiger partial charge in [-0.05, 0) is 182 Å². The lowest BCUT2D eigenvalue weighted by atomic mass is 9.44. The Balaban J connectivity index is 0.000000203. The Kier molecular flexibility index (Phi) is 26.6. The minimum Gasteiger partial charge on any atom is -0.497 e. The van der Waals surface area contributed by atoms with Gasteiger partial charge in [-0.3, -0.25) is 24.6 Å². The lowest BCUT2D eigenvalue weighted by Gasteiger charge is -2.62. The van der Waals surface area contributed by atoms with Crippen LogP contribution >= 0.6 is 34.8 Å². The number of nitrogens with zero attached hydrogens (tertiary/aromatic N) is 3. The fourth-order valence-corrected chi connectivity index (χ4v) is 18.9. The number of methoxy groups -OCH3 is 2. The lowest BCUT2D eigenvalue weighted by Crippen LogP contribution is -2.63. The summed E-state index contributed by atoms with van der Waals surface area (Å²) in [6, 6.07) is 29.8. The lowest BCUT2D eigenvalue weighted by molar-refractivity contribution is -0.195. The maximum absolute atomic E-state index is 14.0. The number of hydrogen-bond acceptors (Lipinski definition) is 18. The number of carbonyl (C=O) groups excluding carboxylic acids is 2. The molecule has 14 rings (SSSR count). The van der Waals surface area contributed by atoms with Crippen LogP contribution in [-0.4, -0.2) is 191 Å². The average Bonchev–Trinajstić information content (AvgIpc) is 1.06. The van der Waals surface area contributed by atoms with Gasteiger partial charge in [0.05, 0.1) is 75.5 Å². The topological polar surface area (TPSA) is 274 Å². The number of hydroxylamine groups is 4. The van der Waals surface area contributed by atoms with Crippen LogP contribution in [0.3, 0.4) is 0 Å². The molecule has 21 nitrogen and oxygen atoms in total. The van der Waals surface area contributed by atoms with Crippen molar-refractivity contribution in [1.29, 1.82) is 0 Å². The monoisotopic (exact) mass is 1520 g/mol. The number of hydrogen-bond donors (Lipinski definition) is 9. The first-order valence-corrected chi connectivity index (χ1v) is 38.4.